The fourth-order valence-corrected chi connectivity index (χ4v) is 3.11. The van der Waals surface area contributed by atoms with Crippen molar-refractivity contribution >= 4 is 17.6 Å². The third-order valence-electron chi connectivity index (χ3n) is 4.50. The second-order valence-corrected chi connectivity index (χ2v) is 6.23. The summed E-state index contributed by atoms with van der Waals surface area (Å²) >= 11 is 0. The minimum absolute atomic E-state index is 0.0950. The normalized spacial score (nSPS) is 20.6. The molecule has 1 amide bonds. The van der Waals surface area contributed by atoms with Crippen molar-refractivity contribution in [2.45, 2.75) is 12.3 Å². The van der Waals surface area contributed by atoms with Crippen molar-refractivity contribution in [3.8, 4) is 11.5 Å². The molecule has 2 atom stereocenters. The van der Waals surface area contributed by atoms with Gasteiger partial charge in [-0.15, -0.1) is 0 Å². The molecule has 1 heterocycles. The van der Waals surface area contributed by atoms with Crippen LogP contribution in [0.1, 0.15) is 28.3 Å². The van der Waals surface area contributed by atoms with Crippen molar-refractivity contribution in [1.29, 1.82) is 0 Å². The van der Waals surface area contributed by atoms with Gasteiger partial charge in [-0.3, -0.25) is 4.79 Å². The van der Waals surface area contributed by atoms with Crippen LogP contribution in [0.2, 0.25) is 0 Å². The standard InChI is InChI=1S/C19H17NO5/c21-18(20-13-3-1-2-12(8-13)19(22)23)15-10-14(15)11-4-5-16-17(9-11)25-7-6-24-16/h1-5,8-9,14-15H,6-7,10H2,(H,20,21)(H,22,23)/t14-,15-/m0/s1. The highest BCUT2D eigenvalue weighted by atomic mass is 16.6. The second kappa shape index (κ2) is 6.12. The van der Waals surface area contributed by atoms with Crippen LogP contribution >= 0.6 is 0 Å². The fourth-order valence-electron chi connectivity index (χ4n) is 3.11. The maximum Gasteiger partial charge on any atom is 0.335 e. The first kappa shape index (κ1) is 15.5. The van der Waals surface area contributed by atoms with E-state index in [2.05, 4.69) is 5.32 Å². The lowest BCUT2D eigenvalue weighted by atomic mass is 10.1. The van der Waals surface area contributed by atoms with Gasteiger partial charge in [0.15, 0.2) is 11.5 Å². The average Bonchev–Trinajstić information content (AvgIpc) is 3.42. The van der Waals surface area contributed by atoms with Gasteiger partial charge in [-0.1, -0.05) is 12.1 Å². The maximum absolute atomic E-state index is 12.4. The Morgan fingerprint density at radius 1 is 1.04 bits per heavy atom. The molecule has 1 aliphatic carbocycles. The molecule has 0 saturated heterocycles. The zero-order valence-electron chi connectivity index (χ0n) is 13.4. The number of rotatable bonds is 4. The first-order valence-corrected chi connectivity index (χ1v) is 8.15. The SMILES string of the molecule is O=C(O)c1cccc(NC(=O)[C@H]2C[C@H]2c2ccc3c(c2)OCCO3)c1. The molecule has 1 fully saturated rings. The van der Waals surface area contributed by atoms with Crippen molar-refractivity contribution in [2.24, 2.45) is 5.92 Å². The number of carbonyl (C=O) groups is 2. The molecule has 6 heteroatoms. The number of nitrogens with one attached hydrogen (secondary N) is 1. The summed E-state index contributed by atoms with van der Waals surface area (Å²) in [5.41, 5.74) is 1.71. The van der Waals surface area contributed by atoms with Gasteiger partial charge < -0.3 is 19.9 Å². The van der Waals surface area contributed by atoms with Gasteiger partial charge in [0.2, 0.25) is 5.91 Å². The Balaban J connectivity index is 1.43. The van der Waals surface area contributed by atoms with E-state index in [1.165, 1.54) is 12.1 Å². The van der Waals surface area contributed by atoms with Crippen LogP contribution in [0.5, 0.6) is 11.5 Å². The number of ether oxygens (including phenoxy) is 2. The van der Waals surface area contributed by atoms with E-state index in [1.54, 1.807) is 12.1 Å². The molecule has 6 nitrogen and oxygen atoms in total. The van der Waals surface area contributed by atoms with Gasteiger partial charge in [-0.2, -0.15) is 0 Å². The predicted octanol–water partition coefficient (Wildman–Crippen LogP) is 2.90. The lowest BCUT2D eigenvalue weighted by molar-refractivity contribution is -0.117. The summed E-state index contributed by atoms with van der Waals surface area (Å²) < 4.78 is 11.1. The largest absolute Gasteiger partial charge is 0.486 e. The Morgan fingerprint density at radius 2 is 1.84 bits per heavy atom. The van der Waals surface area contributed by atoms with E-state index >= 15 is 0 Å². The molecule has 128 valence electrons. The Labute approximate surface area is 144 Å². The summed E-state index contributed by atoms with van der Waals surface area (Å²) in [5.74, 6) is 0.389. The van der Waals surface area contributed by atoms with Gasteiger partial charge in [-0.25, -0.2) is 4.79 Å². The number of anilines is 1. The smallest absolute Gasteiger partial charge is 0.335 e. The predicted molar refractivity (Wildman–Crippen MR) is 90.3 cm³/mol. The van der Waals surface area contributed by atoms with Crippen LogP contribution in [0.25, 0.3) is 0 Å². The third kappa shape index (κ3) is 3.15. The minimum Gasteiger partial charge on any atom is -0.486 e. The Bertz CT molecular complexity index is 847. The molecule has 1 aliphatic heterocycles. The number of benzene rings is 2. The molecular weight excluding hydrogens is 322 g/mol. The molecule has 4 rings (SSSR count). The van der Waals surface area contributed by atoms with Crippen molar-refractivity contribution in [1.82, 2.24) is 0 Å². The lowest BCUT2D eigenvalue weighted by Crippen LogP contribution is -2.16. The highest BCUT2D eigenvalue weighted by Crippen LogP contribution is 2.49. The first-order valence-electron chi connectivity index (χ1n) is 8.15. The zero-order valence-corrected chi connectivity index (χ0v) is 13.4. The molecule has 0 unspecified atom stereocenters. The third-order valence-corrected chi connectivity index (χ3v) is 4.50. The summed E-state index contributed by atoms with van der Waals surface area (Å²) in [6.45, 7) is 1.08. The molecule has 0 spiro atoms. The number of amides is 1. The van der Waals surface area contributed by atoms with Gasteiger partial charge in [0.1, 0.15) is 13.2 Å². The summed E-state index contributed by atoms with van der Waals surface area (Å²) in [6, 6.07) is 12.0. The second-order valence-electron chi connectivity index (χ2n) is 6.23. The van der Waals surface area contributed by atoms with E-state index in [1.807, 2.05) is 18.2 Å². The Morgan fingerprint density at radius 3 is 2.64 bits per heavy atom. The van der Waals surface area contributed by atoms with Gasteiger partial charge >= 0.3 is 5.97 Å². The van der Waals surface area contributed by atoms with Gasteiger partial charge in [0, 0.05) is 11.6 Å². The summed E-state index contributed by atoms with van der Waals surface area (Å²) in [6.07, 6.45) is 0.768. The van der Waals surface area contributed by atoms with E-state index in [9.17, 15) is 9.59 Å². The summed E-state index contributed by atoms with van der Waals surface area (Å²) in [5, 5.41) is 11.8. The fraction of sp³-hybridized carbons (Fsp3) is 0.263. The number of hydrogen-bond acceptors (Lipinski definition) is 4. The van der Waals surface area contributed by atoms with E-state index in [-0.39, 0.29) is 23.3 Å². The number of carboxylic acid groups (broad SMARTS) is 1. The van der Waals surface area contributed by atoms with Crippen LogP contribution in [0.4, 0.5) is 5.69 Å². The van der Waals surface area contributed by atoms with Crippen molar-refractivity contribution < 1.29 is 24.2 Å². The van der Waals surface area contributed by atoms with Gasteiger partial charge in [0.25, 0.3) is 0 Å². The molecular formula is C19H17NO5. The van der Waals surface area contributed by atoms with Crippen LogP contribution in [-0.2, 0) is 4.79 Å². The topological polar surface area (TPSA) is 84.9 Å². The molecule has 0 aromatic heterocycles. The van der Waals surface area contributed by atoms with Crippen LogP contribution in [0.15, 0.2) is 42.5 Å². The van der Waals surface area contributed by atoms with E-state index in [4.69, 9.17) is 14.6 Å². The minimum atomic E-state index is -1.02. The van der Waals surface area contributed by atoms with E-state index in [0.717, 1.165) is 23.5 Å². The van der Waals surface area contributed by atoms with Crippen molar-refractivity contribution in [3.05, 3.63) is 53.6 Å². The molecule has 2 aromatic carbocycles. The van der Waals surface area contributed by atoms with Crippen molar-refractivity contribution in [3.63, 3.8) is 0 Å². The molecule has 1 saturated carbocycles. The van der Waals surface area contributed by atoms with E-state index in [0.29, 0.717) is 18.9 Å². The van der Waals surface area contributed by atoms with Crippen LogP contribution in [0.3, 0.4) is 0 Å². The Hall–Kier alpha value is -3.02. The van der Waals surface area contributed by atoms with Crippen LogP contribution in [-0.4, -0.2) is 30.2 Å². The molecule has 2 aromatic rings. The first-order chi connectivity index (χ1) is 12.1. The zero-order chi connectivity index (χ0) is 17.4. The van der Waals surface area contributed by atoms with Gasteiger partial charge in [-0.05, 0) is 48.2 Å². The van der Waals surface area contributed by atoms with Crippen LogP contribution < -0.4 is 14.8 Å². The number of carboxylic acids is 1. The summed E-state index contributed by atoms with van der Waals surface area (Å²) in [4.78, 5) is 23.4. The molecule has 2 N–H and O–H groups in total. The molecule has 0 radical (unpaired) electrons. The van der Waals surface area contributed by atoms with E-state index < -0.39 is 5.97 Å². The number of aromatic carboxylic acids is 1. The number of hydrogen-bond donors (Lipinski definition) is 2. The molecule has 0 bridgehead atoms. The quantitative estimate of drug-likeness (QED) is 0.895. The van der Waals surface area contributed by atoms with Crippen LogP contribution in [0, 0.1) is 5.92 Å². The Kier molecular flexibility index (Phi) is 3.80. The maximum atomic E-state index is 12.4. The number of carbonyl (C=O) groups excluding carboxylic acids is 1. The molecule has 2 aliphatic rings. The van der Waals surface area contributed by atoms with Crippen molar-refractivity contribution in [2.75, 3.05) is 18.5 Å². The highest BCUT2D eigenvalue weighted by molar-refractivity contribution is 5.97. The summed E-state index contributed by atoms with van der Waals surface area (Å²) in [7, 11) is 0. The number of fused-ring (bicyclic) bond motifs is 1. The lowest BCUT2D eigenvalue weighted by Gasteiger charge is -2.18. The van der Waals surface area contributed by atoms with Gasteiger partial charge in [0.05, 0.1) is 5.56 Å². The average molecular weight is 339 g/mol. The monoisotopic (exact) mass is 339 g/mol. The highest BCUT2D eigenvalue weighted by Gasteiger charge is 2.44. The molecule has 25 heavy (non-hydrogen) atoms.